The van der Waals surface area contributed by atoms with Crippen LogP contribution in [0, 0.1) is 0 Å². The molecule has 7 nitrogen and oxygen atoms in total. The lowest BCUT2D eigenvalue weighted by Crippen LogP contribution is -2.42. The molecule has 0 fully saturated rings. The molecular weight excluding hydrogens is 416 g/mol. The van der Waals surface area contributed by atoms with Crippen molar-refractivity contribution in [1.82, 2.24) is 18.7 Å². The molecule has 1 unspecified atom stereocenters. The standard InChI is InChI=1S/C26H46N4O3/c1-5-7-9-11-13-14-15-17-19-22(33-20-18-16-12-10-8-6-2)30-25(31)23-24(27-21-28(23)3)29(4)26(30)32/h21-22H,5-20H2,1-4H3. The summed E-state index contributed by atoms with van der Waals surface area (Å²) in [5.41, 5.74) is 0.214. The van der Waals surface area contributed by atoms with Gasteiger partial charge >= 0.3 is 5.69 Å². The SMILES string of the molecule is CCCCCCCCCCC(OCCCCCCCC)n1c(=O)c2c(ncn2C)n(C)c1=O. The van der Waals surface area contributed by atoms with Crippen molar-refractivity contribution >= 4 is 11.2 Å². The van der Waals surface area contributed by atoms with Gasteiger partial charge in [-0.2, -0.15) is 0 Å². The Hall–Kier alpha value is -1.89. The molecule has 188 valence electrons. The average molecular weight is 463 g/mol. The van der Waals surface area contributed by atoms with Crippen molar-refractivity contribution in [3.8, 4) is 0 Å². The van der Waals surface area contributed by atoms with Crippen molar-refractivity contribution in [1.29, 1.82) is 0 Å². The molecule has 2 heterocycles. The van der Waals surface area contributed by atoms with Crippen LogP contribution in [0.3, 0.4) is 0 Å². The molecule has 0 aliphatic carbocycles. The Balaban J connectivity index is 2.05. The molecule has 0 aliphatic rings. The molecule has 0 saturated carbocycles. The fourth-order valence-electron chi connectivity index (χ4n) is 4.46. The van der Waals surface area contributed by atoms with Crippen molar-refractivity contribution in [3.63, 3.8) is 0 Å². The van der Waals surface area contributed by atoms with Crippen LogP contribution in [0.2, 0.25) is 0 Å². The number of unbranched alkanes of at least 4 members (excludes halogenated alkanes) is 12. The zero-order chi connectivity index (χ0) is 24.1. The number of hydrogen-bond donors (Lipinski definition) is 0. The Morgan fingerprint density at radius 2 is 1.36 bits per heavy atom. The van der Waals surface area contributed by atoms with Gasteiger partial charge in [-0.3, -0.25) is 9.36 Å². The summed E-state index contributed by atoms with van der Waals surface area (Å²) in [7, 11) is 3.46. The second-order valence-electron chi connectivity index (χ2n) is 9.40. The van der Waals surface area contributed by atoms with Gasteiger partial charge in [0.2, 0.25) is 0 Å². The molecule has 0 saturated heterocycles. The summed E-state index contributed by atoms with van der Waals surface area (Å²) in [5, 5.41) is 0. The molecule has 7 heteroatoms. The highest BCUT2D eigenvalue weighted by Crippen LogP contribution is 2.18. The lowest BCUT2D eigenvalue weighted by Gasteiger charge is -2.21. The lowest BCUT2D eigenvalue weighted by molar-refractivity contribution is -0.0126. The molecule has 1 atom stereocenters. The molecule has 0 spiro atoms. The zero-order valence-corrected chi connectivity index (χ0v) is 21.5. The quantitative estimate of drug-likeness (QED) is 0.261. The third-order valence-corrected chi connectivity index (χ3v) is 6.55. The molecule has 2 aromatic heterocycles. The van der Waals surface area contributed by atoms with Crippen LogP contribution >= 0.6 is 0 Å². The third-order valence-electron chi connectivity index (χ3n) is 6.55. The lowest BCUT2D eigenvalue weighted by atomic mass is 10.1. The molecule has 2 aromatic rings. The summed E-state index contributed by atoms with van der Waals surface area (Å²) in [6, 6.07) is 0. The van der Waals surface area contributed by atoms with Crippen LogP contribution in [0.25, 0.3) is 11.2 Å². The Bertz CT molecular complexity index is 928. The van der Waals surface area contributed by atoms with Gasteiger partial charge in [-0.15, -0.1) is 0 Å². The van der Waals surface area contributed by atoms with Crippen LogP contribution in [0.15, 0.2) is 15.9 Å². The maximum Gasteiger partial charge on any atom is 0.334 e. The molecule has 0 aliphatic heterocycles. The predicted octanol–water partition coefficient (Wildman–Crippen LogP) is 5.84. The van der Waals surface area contributed by atoms with Crippen LogP contribution in [0.1, 0.15) is 116 Å². The van der Waals surface area contributed by atoms with E-state index >= 15 is 0 Å². The fraction of sp³-hybridized carbons (Fsp3) is 0.808. The molecule has 0 N–H and O–H groups in total. The normalized spacial score (nSPS) is 12.6. The molecule has 0 aromatic carbocycles. The number of ether oxygens (including phenoxy) is 1. The average Bonchev–Trinajstić information content (AvgIpc) is 3.20. The van der Waals surface area contributed by atoms with Crippen LogP contribution in [0.5, 0.6) is 0 Å². The Kier molecular flexibility index (Phi) is 12.5. The highest BCUT2D eigenvalue weighted by atomic mass is 16.5. The number of aromatic nitrogens is 4. The topological polar surface area (TPSA) is 71.1 Å². The van der Waals surface area contributed by atoms with E-state index in [1.165, 1.54) is 73.3 Å². The molecule has 2 rings (SSSR count). The number of hydrogen-bond acceptors (Lipinski definition) is 4. The van der Waals surface area contributed by atoms with Crippen LogP contribution in [-0.2, 0) is 18.8 Å². The van der Waals surface area contributed by atoms with Crippen LogP contribution < -0.4 is 11.2 Å². The zero-order valence-electron chi connectivity index (χ0n) is 21.5. The van der Waals surface area contributed by atoms with Gasteiger partial charge in [-0.05, 0) is 19.3 Å². The highest BCUT2D eigenvalue weighted by Gasteiger charge is 2.21. The van der Waals surface area contributed by atoms with Gasteiger partial charge in [0.15, 0.2) is 11.2 Å². The van der Waals surface area contributed by atoms with Gasteiger partial charge in [0, 0.05) is 20.7 Å². The van der Waals surface area contributed by atoms with Gasteiger partial charge in [-0.1, -0.05) is 90.9 Å². The van der Waals surface area contributed by atoms with E-state index in [9.17, 15) is 9.59 Å². The maximum atomic E-state index is 13.3. The monoisotopic (exact) mass is 462 g/mol. The first-order valence-corrected chi connectivity index (χ1v) is 13.3. The van der Waals surface area contributed by atoms with Crippen molar-refractivity contribution in [2.45, 2.75) is 116 Å². The van der Waals surface area contributed by atoms with Gasteiger partial charge < -0.3 is 9.30 Å². The first-order chi connectivity index (χ1) is 16.0. The van der Waals surface area contributed by atoms with E-state index in [2.05, 4.69) is 18.8 Å². The summed E-state index contributed by atoms with van der Waals surface area (Å²) >= 11 is 0. The molecular formula is C26H46N4O3. The minimum absolute atomic E-state index is 0.305. The predicted molar refractivity (Wildman–Crippen MR) is 136 cm³/mol. The summed E-state index contributed by atoms with van der Waals surface area (Å²) in [6.07, 6.45) is 18.5. The number of rotatable bonds is 18. The van der Waals surface area contributed by atoms with Crippen LogP contribution in [0.4, 0.5) is 0 Å². The summed E-state index contributed by atoms with van der Waals surface area (Å²) in [5.74, 6) is 0. The summed E-state index contributed by atoms with van der Waals surface area (Å²) in [4.78, 5) is 30.6. The van der Waals surface area contributed by atoms with Crippen LogP contribution in [-0.4, -0.2) is 25.3 Å². The van der Waals surface area contributed by atoms with E-state index in [0.717, 1.165) is 25.7 Å². The third kappa shape index (κ3) is 8.13. The van der Waals surface area contributed by atoms with E-state index < -0.39 is 6.23 Å². The van der Waals surface area contributed by atoms with Gasteiger partial charge in [0.25, 0.3) is 5.56 Å². The van der Waals surface area contributed by atoms with E-state index in [0.29, 0.717) is 24.2 Å². The second kappa shape index (κ2) is 15.1. The van der Waals surface area contributed by atoms with E-state index in [1.807, 2.05) is 0 Å². The van der Waals surface area contributed by atoms with Crippen molar-refractivity contribution in [2.75, 3.05) is 6.61 Å². The molecule has 33 heavy (non-hydrogen) atoms. The number of fused-ring (bicyclic) bond motifs is 1. The van der Waals surface area contributed by atoms with Gasteiger partial charge in [0.1, 0.15) is 6.23 Å². The maximum absolute atomic E-state index is 13.3. The number of nitrogens with zero attached hydrogens (tertiary/aromatic N) is 4. The first-order valence-electron chi connectivity index (χ1n) is 13.3. The Morgan fingerprint density at radius 1 is 0.818 bits per heavy atom. The molecule has 0 radical (unpaired) electrons. The molecule has 0 bridgehead atoms. The fourth-order valence-corrected chi connectivity index (χ4v) is 4.46. The Morgan fingerprint density at radius 3 is 1.97 bits per heavy atom. The Labute approximate surface area is 199 Å². The van der Waals surface area contributed by atoms with E-state index in [4.69, 9.17) is 4.74 Å². The summed E-state index contributed by atoms with van der Waals surface area (Å²) < 4.78 is 10.7. The summed E-state index contributed by atoms with van der Waals surface area (Å²) in [6.45, 7) is 5.03. The molecule has 0 amide bonds. The van der Waals surface area contributed by atoms with Crippen molar-refractivity contribution < 1.29 is 4.74 Å². The smallest absolute Gasteiger partial charge is 0.334 e. The first kappa shape index (κ1) is 27.4. The minimum Gasteiger partial charge on any atom is -0.358 e. The van der Waals surface area contributed by atoms with Gasteiger partial charge in [0.05, 0.1) is 6.33 Å². The minimum atomic E-state index is -0.522. The van der Waals surface area contributed by atoms with Crippen molar-refractivity contribution in [3.05, 3.63) is 27.2 Å². The second-order valence-corrected chi connectivity index (χ2v) is 9.40. The largest absolute Gasteiger partial charge is 0.358 e. The van der Waals surface area contributed by atoms with Gasteiger partial charge in [-0.25, -0.2) is 14.3 Å². The van der Waals surface area contributed by atoms with E-state index in [1.54, 1.807) is 25.0 Å². The van der Waals surface area contributed by atoms with E-state index in [-0.39, 0.29) is 11.2 Å². The van der Waals surface area contributed by atoms with Crippen molar-refractivity contribution in [2.24, 2.45) is 14.1 Å². The number of imidazole rings is 1. The highest BCUT2D eigenvalue weighted by molar-refractivity contribution is 5.69. The number of aryl methyl sites for hydroxylation is 2.